The Morgan fingerprint density at radius 3 is 2.44 bits per heavy atom. The summed E-state index contributed by atoms with van der Waals surface area (Å²) in [5.41, 5.74) is 1.74. The third-order valence-corrected chi connectivity index (χ3v) is 3.07. The van der Waals surface area contributed by atoms with Gasteiger partial charge in [-0.2, -0.15) is 0 Å². The predicted molar refractivity (Wildman–Crippen MR) is 71.5 cm³/mol. The van der Waals surface area contributed by atoms with Crippen molar-refractivity contribution in [2.45, 2.75) is 11.9 Å². The fraction of sp³-hybridized carbons (Fsp3) is 0.143. The molecule has 1 N–H and O–H groups in total. The molecule has 0 spiro atoms. The smallest absolute Gasteiger partial charge is 0.127 e. The molecule has 0 aliphatic rings. The van der Waals surface area contributed by atoms with Crippen molar-refractivity contribution < 1.29 is 14.2 Å². The van der Waals surface area contributed by atoms with Crippen molar-refractivity contribution >= 4 is 15.9 Å². The number of phenolic OH excluding ortho intramolecular Hbond substituents is 1. The van der Waals surface area contributed by atoms with E-state index < -0.39 is 0 Å². The van der Waals surface area contributed by atoms with Crippen LogP contribution in [0.2, 0.25) is 0 Å². The first-order valence-electron chi connectivity index (χ1n) is 5.43. The van der Waals surface area contributed by atoms with Gasteiger partial charge in [0, 0.05) is 11.4 Å². The predicted octanol–water partition coefficient (Wildman–Crippen LogP) is 4.01. The molecule has 0 heterocycles. The van der Waals surface area contributed by atoms with Crippen LogP contribution in [0, 0.1) is 5.82 Å². The zero-order chi connectivity index (χ0) is 13.0. The fourth-order valence-corrected chi connectivity index (χ4v) is 1.86. The molecule has 2 nitrogen and oxygen atoms in total. The number of rotatable bonds is 4. The lowest BCUT2D eigenvalue weighted by Crippen LogP contribution is -1.96. The Morgan fingerprint density at radius 1 is 1.06 bits per heavy atom. The second-order valence-electron chi connectivity index (χ2n) is 3.88. The molecule has 0 amide bonds. The van der Waals surface area contributed by atoms with Gasteiger partial charge in [-0.1, -0.05) is 28.1 Å². The van der Waals surface area contributed by atoms with Crippen molar-refractivity contribution in [2.75, 3.05) is 0 Å². The number of ether oxygens (including phenoxy) is 1. The molecule has 0 unspecified atom stereocenters. The highest BCUT2D eigenvalue weighted by Crippen LogP contribution is 2.20. The number of benzene rings is 2. The maximum Gasteiger partial charge on any atom is 0.127 e. The highest BCUT2D eigenvalue weighted by atomic mass is 79.9. The van der Waals surface area contributed by atoms with Gasteiger partial charge in [-0.25, -0.2) is 4.39 Å². The van der Waals surface area contributed by atoms with Crippen molar-refractivity contribution in [2.24, 2.45) is 0 Å². The van der Waals surface area contributed by atoms with Crippen LogP contribution in [0.4, 0.5) is 4.39 Å². The lowest BCUT2D eigenvalue weighted by Gasteiger charge is -2.08. The van der Waals surface area contributed by atoms with Crippen LogP contribution in [0.25, 0.3) is 0 Å². The van der Waals surface area contributed by atoms with Crippen LogP contribution in [0.15, 0.2) is 42.5 Å². The average Bonchev–Trinajstić information content (AvgIpc) is 2.37. The van der Waals surface area contributed by atoms with Crippen molar-refractivity contribution in [3.8, 4) is 11.5 Å². The summed E-state index contributed by atoms with van der Waals surface area (Å²) < 4.78 is 18.8. The molecule has 0 saturated carbocycles. The highest BCUT2D eigenvalue weighted by Gasteiger charge is 2.02. The van der Waals surface area contributed by atoms with E-state index in [0.717, 1.165) is 11.1 Å². The first kappa shape index (κ1) is 12.9. The van der Waals surface area contributed by atoms with Crippen molar-refractivity contribution in [1.82, 2.24) is 0 Å². The first-order valence-corrected chi connectivity index (χ1v) is 6.55. The molecule has 4 heteroatoms. The van der Waals surface area contributed by atoms with Gasteiger partial charge in [-0.15, -0.1) is 0 Å². The van der Waals surface area contributed by atoms with E-state index in [1.165, 1.54) is 12.1 Å². The molecule has 2 rings (SSSR count). The van der Waals surface area contributed by atoms with Crippen molar-refractivity contribution in [1.29, 1.82) is 0 Å². The van der Waals surface area contributed by atoms with E-state index in [9.17, 15) is 4.39 Å². The van der Waals surface area contributed by atoms with Crippen LogP contribution in [-0.4, -0.2) is 5.11 Å². The molecule has 0 fully saturated rings. The van der Waals surface area contributed by atoms with E-state index in [1.807, 2.05) is 0 Å². The average molecular weight is 311 g/mol. The van der Waals surface area contributed by atoms with E-state index in [-0.39, 0.29) is 11.6 Å². The minimum Gasteiger partial charge on any atom is -0.508 e. The van der Waals surface area contributed by atoms with Gasteiger partial charge in [0.2, 0.25) is 0 Å². The first-order chi connectivity index (χ1) is 8.67. The van der Waals surface area contributed by atoms with Crippen LogP contribution in [0.3, 0.4) is 0 Å². The largest absolute Gasteiger partial charge is 0.508 e. The molecular weight excluding hydrogens is 299 g/mol. The Kier molecular flexibility index (Phi) is 4.20. The molecule has 2 aromatic carbocycles. The number of hydrogen-bond acceptors (Lipinski definition) is 2. The van der Waals surface area contributed by atoms with Gasteiger partial charge >= 0.3 is 0 Å². The van der Waals surface area contributed by atoms with E-state index in [4.69, 9.17) is 9.84 Å². The van der Waals surface area contributed by atoms with E-state index in [0.29, 0.717) is 17.7 Å². The quantitative estimate of drug-likeness (QED) is 0.865. The Bertz CT molecular complexity index is 526. The second kappa shape index (κ2) is 5.87. The van der Waals surface area contributed by atoms with Gasteiger partial charge < -0.3 is 9.84 Å². The molecule has 0 bridgehead atoms. The molecule has 2 aromatic rings. The van der Waals surface area contributed by atoms with Gasteiger partial charge in [-0.3, -0.25) is 0 Å². The maximum atomic E-state index is 13.3. The van der Waals surface area contributed by atoms with E-state index >= 15 is 0 Å². The summed E-state index contributed by atoms with van der Waals surface area (Å²) in [6.45, 7) is 0.339. The lowest BCUT2D eigenvalue weighted by atomic mass is 10.2. The minimum atomic E-state index is -0.312. The summed E-state index contributed by atoms with van der Waals surface area (Å²) >= 11 is 3.28. The lowest BCUT2D eigenvalue weighted by molar-refractivity contribution is 0.304. The standard InChI is InChI=1S/C14H12BrFO2/c15-8-11-5-12(16)7-14(6-11)18-9-10-1-3-13(17)4-2-10/h1-7,17H,8-9H2. The number of phenols is 1. The Balaban J connectivity index is 2.05. The topological polar surface area (TPSA) is 29.5 Å². The van der Waals surface area contributed by atoms with E-state index in [2.05, 4.69) is 15.9 Å². The zero-order valence-electron chi connectivity index (χ0n) is 9.57. The number of aromatic hydroxyl groups is 1. The van der Waals surface area contributed by atoms with Gasteiger partial charge in [-0.05, 0) is 35.4 Å². The van der Waals surface area contributed by atoms with E-state index in [1.54, 1.807) is 30.3 Å². The molecule has 0 saturated heterocycles. The SMILES string of the molecule is Oc1ccc(COc2cc(F)cc(CBr)c2)cc1. The number of halogens is 2. The summed E-state index contributed by atoms with van der Waals surface area (Å²) in [7, 11) is 0. The molecule has 0 aliphatic carbocycles. The highest BCUT2D eigenvalue weighted by molar-refractivity contribution is 9.08. The normalized spacial score (nSPS) is 10.3. The van der Waals surface area contributed by atoms with Gasteiger partial charge in [0.1, 0.15) is 23.9 Å². The Labute approximate surface area is 113 Å². The summed E-state index contributed by atoms with van der Waals surface area (Å²) in [5.74, 6) is 0.399. The number of alkyl halides is 1. The minimum absolute atomic E-state index is 0.214. The van der Waals surface area contributed by atoms with Gasteiger partial charge in [0.05, 0.1) is 0 Å². The Morgan fingerprint density at radius 2 is 1.78 bits per heavy atom. The summed E-state index contributed by atoms with van der Waals surface area (Å²) in [6.07, 6.45) is 0. The number of hydrogen-bond donors (Lipinski definition) is 1. The van der Waals surface area contributed by atoms with Crippen molar-refractivity contribution in [3.05, 3.63) is 59.4 Å². The molecule has 94 valence electrons. The van der Waals surface area contributed by atoms with Gasteiger partial charge in [0.15, 0.2) is 0 Å². The van der Waals surface area contributed by atoms with Crippen LogP contribution >= 0.6 is 15.9 Å². The zero-order valence-corrected chi connectivity index (χ0v) is 11.2. The van der Waals surface area contributed by atoms with Crippen LogP contribution < -0.4 is 4.74 Å². The molecule has 0 aliphatic heterocycles. The second-order valence-corrected chi connectivity index (χ2v) is 4.44. The van der Waals surface area contributed by atoms with Crippen LogP contribution in [0.1, 0.15) is 11.1 Å². The van der Waals surface area contributed by atoms with Crippen LogP contribution in [-0.2, 0) is 11.9 Å². The van der Waals surface area contributed by atoms with Crippen molar-refractivity contribution in [3.63, 3.8) is 0 Å². The summed E-state index contributed by atoms with van der Waals surface area (Å²) in [6, 6.07) is 11.3. The molecular formula is C14H12BrFO2. The fourth-order valence-electron chi connectivity index (χ4n) is 1.54. The monoisotopic (exact) mass is 310 g/mol. The molecule has 0 atom stereocenters. The molecule has 18 heavy (non-hydrogen) atoms. The maximum absolute atomic E-state index is 13.3. The summed E-state index contributed by atoms with van der Waals surface area (Å²) in [4.78, 5) is 0. The molecule has 0 radical (unpaired) electrons. The summed E-state index contributed by atoms with van der Waals surface area (Å²) in [5, 5.41) is 9.73. The Hall–Kier alpha value is -1.55. The van der Waals surface area contributed by atoms with Crippen LogP contribution in [0.5, 0.6) is 11.5 Å². The third-order valence-electron chi connectivity index (χ3n) is 2.43. The van der Waals surface area contributed by atoms with Gasteiger partial charge in [0.25, 0.3) is 0 Å². The third kappa shape index (κ3) is 3.47. The molecule has 0 aromatic heterocycles.